The van der Waals surface area contributed by atoms with E-state index in [1.807, 2.05) is 0 Å². The number of hydrogen-bond donors (Lipinski definition) is 0. The number of amides is 2. The molecule has 1 heterocycles. The Morgan fingerprint density at radius 1 is 1.04 bits per heavy atom. The lowest BCUT2D eigenvalue weighted by atomic mass is 9.63. The quantitative estimate of drug-likeness (QED) is 0.475. The smallest absolute Gasteiger partial charge is 0.339 e. The average Bonchev–Trinajstić information content (AvgIpc) is 3.39. The normalized spacial score (nSPS) is 38.1. The second kappa shape index (κ2) is 4.56. The predicted molar refractivity (Wildman–Crippen MR) is 85.0 cm³/mol. The van der Waals surface area contributed by atoms with Crippen molar-refractivity contribution in [3.05, 3.63) is 42.0 Å². The van der Waals surface area contributed by atoms with Crippen LogP contribution in [0.4, 0.5) is 5.69 Å². The molecule has 24 heavy (non-hydrogen) atoms. The number of nitrogens with zero attached hydrogens (tertiary/aromatic N) is 1. The van der Waals surface area contributed by atoms with Crippen LogP contribution in [-0.4, -0.2) is 24.9 Å². The van der Waals surface area contributed by atoms with E-state index in [0.29, 0.717) is 17.5 Å². The number of carbonyl (C=O) groups is 3. The van der Waals surface area contributed by atoms with Crippen LogP contribution in [0.15, 0.2) is 36.4 Å². The molecule has 6 rings (SSSR count). The summed E-state index contributed by atoms with van der Waals surface area (Å²) in [6.45, 7) is 0. The van der Waals surface area contributed by atoms with Gasteiger partial charge in [-0.2, -0.15) is 0 Å². The van der Waals surface area contributed by atoms with Crippen molar-refractivity contribution in [3.8, 4) is 0 Å². The lowest BCUT2D eigenvalue weighted by Crippen LogP contribution is -2.40. The van der Waals surface area contributed by atoms with E-state index >= 15 is 0 Å². The highest BCUT2D eigenvalue weighted by Crippen LogP contribution is 2.65. The van der Waals surface area contributed by atoms with Gasteiger partial charge in [-0.1, -0.05) is 24.3 Å². The molecular formula is C19H17NO4. The van der Waals surface area contributed by atoms with Crippen molar-refractivity contribution in [2.45, 2.75) is 6.42 Å². The first kappa shape index (κ1) is 14.0. The maximum Gasteiger partial charge on any atom is 0.339 e. The maximum atomic E-state index is 13.1. The van der Waals surface area contributed by atoms with Gasteiger partial charge in [0.25, 0.3) is 0 Å². The molecule has 122 valence electrons. The predicted octanol–water partition coefficient (Wildman–Crippen LogP) is 2.03. The van der Waals surface area contributed by atoms with E-state index in [-0.39, 0.29) is 41.0 Å². The number of carbonyl (C=O) groups excluding carboxylic acids is 3. The van der Waals surface area contributed by atoms with Crippen LogP contribution in [0.1, 0.15) is 16.8 Å². The van der Waals surface area contributed by atoms with E-state index in [1.54, 1.807) is 24.3 Å². The molecule has 0 aromatic heterocycles. The van der Waals surface area contributed by atoms with Gasteiger partial charge in [0.1, 0.15) is 0 Å². The van der Waals surface area contributed by atoms with Gasteiger partial charge < -0.3 is 4.74 Å². The van der Waals surface area contributed by atoms with Crippen LogP contribution in [0.2, 0.25) is 0 Å². The van der Waals surface area contributed by atoms with Gasteiger partial charge in [-0.15, -0.1) is 0 Å². The summed E-state index contributed by atoms with van der Waals surface area (Å²) in [7, 11) is 1.30. The zero-order valence-electron chi connectivity index (χ0n) is 13.2. The molecule has 1 aliphatic heterocycles. The van der Waals surface area contributed by atoms with E-state index in [4.69, 9.17) is 4.74 Å². The molecule has 0 N–H and O–H groups in total. The molecule has 0 radical (unpaired) electrons. The number of hydrogen-bond acceptors (Lipinski definition) is 4. The van der Waals surface area contributed by atoms with Gasteiger partial charge in [-0.3, -0.25) is 9.59 Å². The highest BCUT2D eigenvalue weighted by atomic mass is 16.5. The van der Waals surface area contributed by atoms with Crippen molar-refractivity contribution >= 4 is 23.5 Å². The number of benzene rings is 1. The SMILES string of the molecule is COC(=O)c1ccccc1N1C(=O)[C@H]2[C@@H]3C=C[C@H]([C@H]4C[C@H]34)[C@@H]2C1=O. The fraction of sp³-hybridized carbons (Fsp3) is 0.421. The van der Waals surface area contributed by atoms with Gasteiger partial charge in [-0.05, 0) is 42.2 Å². The summed E-state index contributed by atoms with van der Waals surface area (Å²) in [6.07, 6.45) is 5.41. The molecule has 1 aromatic carbocycles. The zero-order chi connectivity index (χ0) is 16.6. The second-order valence-corrected chi connectivity index (χ2v) is 7.18. The molecule has 5 nitrogen and oxygen atoms in total. The maximum absolute atomic E-state index is 13.1. The molecule has 0 unspecified atom stereocenters. The molecule has 2 saturated carbocycles. The summed E-state index contributed by atoms with van der Waals surface area (Å²) < 4.78 is 4.80. The Kier molecular flexibility index (Phi) is 2.65. The third-order valence-electron chi connectivity index (χ3n) is 6.21. The van der Waals surface area contributed by atoms with Gasteiger partial charge >= 0.3 is 5.97 Å². The fourth-order valence-electron chi connectivity index (χ4n) is 5.15. The Hall–Kier alpha value is -2.43. The lowest BCUT2D eigenvalue weighted by molar-refractivity contribution is -0.124. The van der Waals surface area contributed by atoms with E-state index in [9.17, 15) is 14.4 Å². The number of methoxy groups -OCH3 is 1. The number of rotatable bonds is 2. The molecule has 2 bridgehead atoms. The molecule has 1 aromatic rings. The van der Waals surface area contributed by atoms with E-state index in [1.165, 1.54) is 12.0 Å². The summed E-state index contributed by atoms with van der Waals surface area (Å²) in [5.41, 5.74) is 0.604. The molecule has 1 saturated heterocycles. The van der Waals surface area contributed by atoms with Crippen LogP contribution < -0.4 is 4.90 Å². The van der Waals surface area contributed by atoms with Crippen molar-refractivity contribution in [2.24, 2.45) is 35.5 Å². The van der Waals surface area contributed by atoms with Crippen LogP contribution in [0, 0.1) is 35.5 Å². The summed E-state index contributed by atoms with van der Waals surface area (Å²) in [5.74, 6) is 0.0992. The van der Waals surface area contributed by atoms with Gasteiger partial charge in [0.2, 0.25) is 11.8 Å². The van der Waals surface area contributed by atoms with Crippen LogP contribution in [0.3, 0.4) is 0 Å². The number of anilines is 1. The van der Waals surface area contributed by atoms with E-state index in [0.717, 1.165) is 6.42 Å². The van der Waals surface area contributed by atoms with Crippen LogP contribution in [-0.2, 0) is 14.3 Å². The fourth-order valence-corrected chi connectivity index (χ4v) is 5.15. The monoisotopic (exact) mass is 323 g/mol. The zero-order valence-corrected chi connectivity index (χ0v) is 13.2. The molecule has 2 amide bonds. The Labute approximate surface area is 139 Å². The number of allylic oxidation sites excluding steroid dienone is 2. The minimum absolute atomic E-state index is 0.161. The van der Waals surface area contributed by atoms with Gasteiger partial charge in [-0.25, -0.2) is 9.69 Å². The third-order valence-corrected chi connectivity index (χ3v) is 6.21. The third kappa shape index (κ3) is 1.57. The van der Waals surface area contributed by atoms with Crippen molar-refractivity contribution < 1.29 is 19.1 Å². The molecule has 5 aliphatic rings. The topological polar surface area (TPSA) is 63.7 Å². The minimum Gasteiger partial charge on any atom is -0.465 e. The largest absolute Gasteiger partial charge is 0.465 e. The van der Waals surface area contributed by atoms with Crippen LogP contribution >= 0.6 is 0 Å². The Balaban J connectivity index is 1.59. The first-order chi connectivity index (χ1) is 11.6. The Morgan fingerprint density at radius 2 is 1.62 bits per heavy atom. The molecule has 0 spiro atoms. The molecule has 4 aliphatic carbocycles. The summed E-state index contributed by atoms with van der Waals surface area (Å²) in [4.78, 5) is 39.4. The number of para-hydroxylation sites is 1. The van der Waals surface area contributed by atoms with Gasteiger partial charge in [0.05, 0.1) is 30.2 Å². The molecule has 5 heteroatoms. The van der Waals surface area contributed by atoms with Crippen molar-refractivity contribution in [3.63, 3.8) is 0 Å². The van der Waals surface area contributed by atoms with Gasteiger partial charge in [0, 0.05) is 0 Å². The van der Waals surface area contributed by atoms with E-state index in [2.05, 4.69) is 12.2 Å². The number of esters is 1. The van der Waals surface area contributed by atoms with Crippen LogP contribution in [0.25, 0.3) is 0 Å². The lowest BCUT2D eigenvalue weighted by Gasteiger charge is -2.37. The first-order valence-corrected chi connectivity index (χ1v) is 8.37. The Morgan fingerprint density at radius 3 is 2.21 bits per heavy atom. The highest BCUT2D eigenvalue weighted by Gasteiger charge is 2.67. The summed E-state index contributed by atoms with van der Waals surface area (Å²) in [6, 6.07) is 6.67. The highest BCUT2D eigenvalue weighted by molar-refractivity contribution is 6.24. The van der Waals surface area contributed by atoms with Crippen molar-refractivity contribution in [1.82, 2.24) is 0 Å². The minimum atomic E-state index is -0.537. The molecule has 6 atom stereocenters. The van der Waals surface area contributed by atoms with Crippen LogP contribution in [0.5, 0.6) is 0 Å². The average molecular weight is 323 g/mol. The summed E-state index contributed by atoms with van der Waals surface area (Å²) in [5, 5.41) is 0. The summed E-state index contributed by atoms with van der Waals surface area (Å²) >= 11 is 0. The molecular weight excluding hydrogens is 306 g/mol. The van der Waals surface area contributed by atoms with Gasteiger partial charge in [0.15, 0.2) is 0 Å². The second-order valence-electron chi connectivity index (χ2n) is 7.18. The van der Waals surface area contributed by atoms with Crippen molar-refractivity contribution in [1.29, 1.82) is 0 Å². The number of ether oxygens (including phenoxy) is 1. The Bertz CT molecular complexity index is 777. The van der Waals surface area contributed by atoms with E-state index < -0.39 is 5.97 Å². The number of imide groups is 1. The molecule has 3 fully saturated rings. The van der Waals surface area contributed by atoms with Crippen molar-refractivity contribution in [2.75, 3.05) is 12.0 Å². The standard InChI is InChI=1S/C19H17NO4/c1-24-19(23)11-4-2-3-5-14(11)20-17(21)15-9-6-7-10(13-8-12(9)13)16(15)18(20)22/h2-7,9-10,12-13,15-16H,8H2,1H3/t9-,10-,12-,13-,15+,16+/m1/s1. The first-order valence-electron chi connectivity index (χ1n) is 8.37.